The third-order valence-corrected chi connectivity index (χ3v) is 4.53. The quantitative estimate of drug-likeness (QED) is 0.872. The lowest BCUT2D eigenvalue weighted by atomic mass is 10.1. The van der Waals surface area contributed by atoms with Gasteiger partial charge >= 0.3 is 0 Å². The molecule has 2 aromatic rings. The van der Waals surface area contributed by atoms with E-state index in [1.807, 2.05) is 43.4 Å². The highest BCUT2D eigenvalue weighted by atomic mass is 35.5. The second-order valence-electron chi connectivity index (χ2n) is 6.29. The van der Waals surface area contributed by atoms with E-state index in [1.165, 1.54) is 5.69 Å². The molecule has 1 saturated heterocycles. The minimum absolute atomic E-state index is 0. The van der Waals surface area contributed by atoms with Gasteiger partial charge in [0.25, 0.3) is 5.91 Å². The van der Waals surface area contributed by atoms with E-state index in [0.29, 0.717) is 18.7 Å². The van der Waals surface area contributed by atoms with Crippen LogP contribution in [0.3, 0.4) is 0 Å². The minimum atomic E-state index is 0. The smallest absolute Gasteiger partial charge is 0.253 e. The number of benzene rings is 2. The Morgan fingerprint density at radius 1 is 1.12 bits per heavy atom. The van der Waals surface area contributed by atoms with Crippen LogP contribution in [-0.2, 0) is 17.8 Å². The maximum absolute atomic E-state index is 12.7. The number of anilines is 1. The summed E-state index contributed by atoms with van der Waals surface area (Å²) in [6.45, 7) is 4.32. The molecule has 1 fully saturated rings. The van der Waals surface area contributed by atoms with E-state index in [1.54, 1.807) is 4.90 Å². The van der Waals surface area contributed by atoms with E-state index < -0.39 is 0 Å². The summed E-state index contributed by atoms with van der Waals surface area (Å²) in [4.78, 5) is 16.8. The molecule has 0 radical (unpaired) electrons. The summed E-state index contributed by atoms with van der Waals surface area (Å²) in [5.74, 6) is 0.0142. The fourth-order valence-electron chi connectivity index (χ4n) is 3.09. The maximum atomic E-state index is 12.7. The van der Waals surface area contributed by atoms with Crippen LogP contribution in [0.25, 0.3) is 0 Å². The Bertz CT molecular complexity index is 715. The molecule has 1 amide bonds. The van der Waals surface area contributed by atoms with Gasteiger partial charge in [0.1, 0.15) is 0 Å². The van der Waals surface area contributed by atoms with Gasteiger partial charge < -0.3 is 20.3 Å². The molecule has 1 aliphatic rings. The molecule has 1 heterocycles. The summed E-state index contributed by atoms with van der Waals surface area (Å²) in [5, 5.41) is 0. The first-order valence-electron chi connectivity index (χ1n) is 8.64. The van der Waals surface area contributed by atoms with Gasteiger partial charge in [0.15, 0.2) is 0 Å². The molecule has 0 bridgehead atoms. The molecular weight excluding hydrogens is 350 g/mol. The number of para-hydroxylation sites is 1. The number of morpholine rings is 1. The van der Waals surface area contributed by atoms with E-state index >= 15 is 0 Å². The van der Waals surface area contributed by atoms with E-state index in [-0.39, 0.29) is 18.3 Å². The summed E-state index contributed by atoms with van der Waals surface area (Å²) in [6, 6.07) is 15.8. The summed E-state index contributed by atoms with van der Waals surface area (Å²) in [5.41, 5.74) is 9.66. The first kappa shape index (κ1) is 20.2. The van der Waals surface area contributed by atoms with Gasteiger partial charge in [-0.25, -0.2) is 0 Å². The molecule has 6 heteroatoms. The van der Waals surface area contributed by atoms with Crippen molar-refractivity contribution in [3.8, 4) is 0 Å². The highest BCUT2D eigenvalue weighted by molar-refractivity contribution is 5.94. The van der Waals surface area contributed by atoms with Gasteiger partial charge in [-0.3, -0.25) is 4.79 Å². The van der Waals surface area contributed by atoms with Crippen molar-refractivity contribution in [3.05, 3.63) is 65.2 Å². The normalized spacial score (nSPS) is 13.8. The summed E-state index contributed by atoms with van der Waals surface area (Å²) < 4.78 is 5.44. The lowest BCUT2D eigenvalue weighted by molar-refractivity contribution is 0.0785. The van der Waals surface area contributed by atoms with E-state index in [2.05, 4.69) is 17.0 Å². The topological polar surface area (TPSA) is 58.8 Å². The summed E-state index contributed by atoms with van der Waals surface area (Å²) in [7, 11) is 1.84. The SMILES string of the molecule is CN(Cc1ccccc1N1CCOCC1)C(=O)c1ccc(CN)cc1.Cl. The molecular formula is C20H26ClN3O2. The number of carbonyl (C=O) groups is 1. The number of amides is 1. The van der Waals surface area contributed by atoms with Crippen molar-refractivity contribution >= 4 is 24.0 Å². The van der Waals surface area contributed by atoms with Gasteiger partial charge in [0.05, 0.1) is 13.2 Å². The van der Waals surface area contributed by atoms with E-state index in [0.717, 1.165) is 37.4 Å². The minimum Gasteiger partial charge on any atom is -0.378 e. The lowest BCUT2D eigenvalue weighted by Gasteiger charge is -2.31. The Hall–Kier alpha value is -2.08. The molecule has 3 rings (SSSR count). The fraction of sp³-hybridized carbons (Fsp3) is 0.350. The molecule has 0 saturated carbocycles. The number of hydrogen-bond donors (Lipinski definition) is 1. The number of nitrogens with two attached hydrogens (primary N) is 1. The van der Waals surface area contributed by atoms with E-state index in [4.69, 9.17) is 10.5 Å². The Morgan fingerprint density at radius 2 is 1.77 bits per heavy atom. The van der Waals surface area contributed by atoms with Crippen LogP contribution in [0.5, 0.6) is 0 Å². The molecule has 2 N–H and O–H groups in total. The van der Waals surface area contributed by atoms with Gasteiger partial charge in [0.2, 0.25) is 0 Å². The lowest BCUT2D eigenvalue weighted by Crippen LogP contribution is -2.37. The number of ether oxygens (including phenoxy) is 1. The predicted molar refractivity (Wildman–Crippen MR) is 107 cm³/mol. The van der Waals surface area contributed by atoms with Crippen molar-refractivity contribution in [1.29, 1.82) is 0 Å². The van der Waals surface area contributed by atoms with Crippen LogP contribution in [0.2, 0.25) is 0 Å². The first-order chi connectivity index (χ1) is 12.2. The summed E-state index contributed by atoms with van der Waals surface area (Å²) in [6.07, 6.45) is 0. The van der Waals surface area contributed by atoms with Gasteiger partial charge in [0, 0.05) is 44.5 Å². The van der Waals surface area contributed by atoms with Crippen LogP contribution in [0.4, 0.5) is 5.69 Å². The van der Waals surface area contributed by atoms with Gasteiger partial charge in [-0.05, 0) is 29.3 Å². The molecule has 26 heavy (non-hydrogen) atoms. The molecule has 2 aromatic carbocycles. The van der Waals surface area contributed by atoms with Crippen LogP contribution in [0.15, 0.2) is 48.5 Å². The highest BCUT2D eigenvalue weighted by Gasteiger charge is 2.17. The van der Waals surface area contributed by atoms with Crippen molar-refractivity contribution in [1.82, 2.24) is 4.90 Å². The maximum Gasteiger partial charge on any atom is 0.253 e. The van der Waals surface area contributed by atoms with E-state index in [9.17, 15) is 4.79 Å². The van der Waals surface area contributed by atoms with Crippen LogP contribution in [0, 0.1) is 0 Å². The van der Waals surface area contributed by atoms with Crippen molar-refractivity contribution in [2.75, 3.05) is 38.3 Å². The summed E-state index contributed by atoms with van der Waals surface area (Å²) >= 11 is 0. The van der Waals surface area contributed by atoms with Gasteiger partial charge in [-0.2, -0.15) is 0 Å². The zero-order chi connectivity index (χ0) is 17.6. The highest BCUT2D eigenvalue weighted by Crippen LogP contribution is 2.23. The average molecular weight is 376 g/mol. The molecule has 140 valence electrons. The molecule has 0 aliphatic carbocycles. The zero-order valence-corrected chi connectivity index (χ0v) is 15.9. The fourth-order valence-corrected chi connectivity index (χ4v) is 3.09. The van der Waals surface area contributed by atoms with Crippen molar-refractivity contribution in [3.63, 3.8) is 0 Å². The Kier molecular flexibility index (Phi) is 7.45. The number of nitrogens with zero attached hydrogens (tertiary/aromatic N) is 2. The zero-order valence-electron chi connectivity index (χ0n) is 15.1. The van der Waals surface area contributed by atoms with Gasteiger partial charge in [-0.1, -0.05) is 30.3 Å². The van der Waals surface area contributed by atoms with Crippen molar-refractivity contribution in [2.45, 2.75) is 13.1 Å². The first-order valence-corrected chi connectivity index (χ1v) is 8.64. The third kappa shape index (κ3) is 4.75. The largest absolute Gasteiger partial charge is 0.378 e. The molecule has 5 nitrogen and oxygen atoms in total. The number of carbonyl (C=O) groups excluding carboxylic acids is 1. The standard InChI is InChI=1S/C20H25N3O2.ClH/c1-22(20(24)17-8-6-16(14-21)7-9-17)15-18-4-2-3-5-19(18)23-10-12-25-13-11-23;/h2-9H,10-15,21H2,1H3;1H. The monoisotopic (exact) mass is 375 g/mol. The number of halogens is 1. The Balaban J connectivity index is 0.00000243. The Morgan fingerprint density at radius 3 is 2.42 bits per heavy atom. The van der Waals surface area contributed by atoms with Crippen LogP contribution in [-0.4, -0.2) is 44.2 Å². The van der Waals surface area contributed by atoms with Crippen molar-refractivity contribution in [2.24, 2.45) is 5.73 Å². The number of rotatable bonds is 5. The Labute approximate surface area is 161 Å². The average Bonchev–Trinajstić information content (AvgIpc) is 2.68. The van der Waals surface area contributed by atoms with Gasteiger partial charge in [-0.15, -0.1) is 12.4 Å². The molecule has 0 atom stereocenters. The third-order valence-electron chi connectivity index (χ3n) is 4.53. The van der Waals surface area contributed by atoms with Crippen LogP contribution >= 0.6 is 12.4 Å². The number of hydrogen-bond acceptors (Lipinski definition) is 4. The second-order valence-corrected chi connectivity index (χ2v) is 6.29. The van der Waals surface area contributed by atoms with Crippen LogP contribution < -0.4 is 10.6 Å². The molecule has 1 aliphatic heterocycles. The van der Waals surface area contributed by atoms with Crippen molar-refractivity contribution < 1.29 is 9.53 Å². The molecule has 0 unspecified atom stereocenters. The van der Waals surface area contributed by atoms with Crippen LogP contribution in [0.1, 0.15) is 21.5 Å². The predicted octanol–water partition coefficient (Wildman–Crippen LogP) is 2.68. The molecule has 0 spiro atoms. The second kappa shape index (κ2) is 9.57. The molecule has 0 aromatic heterocycles.